The second-order valence-electron chi connectivity index (χ2n) is 10.1. The van der Waals surface area contributed by atoms with Gasteiger partial charge in [0.25, 0.3) is 0 Å². The number of ketones is 2. The SMILES string of the molecule is CC.CCC(=O)C1CCCCC1.CCC(C)C.CCC1CCC(CC(=O)C(C)C)CC1. The Morgan fingerprint density at radius 1 is 0.742 bits per heavy atom. The number of hydrogen-bond donors (Lipinski definition) is 0. The summed E-state index contributed by atoms with van der Waals surface area (Å²) in [6.07, 6.45) is 15.7. The van der Waals surface area contributed by atoms with E-state index < -0.39 is 0 Å². The zero-order valence-electron chi connectivity index (χ0n) is 22.9. The summed E-state index contributed by atoms with van der Waals surface area (Å²) < 4.78 is 0. The van der Waals surface area contributed by atoms with Crippen molar-refractivity contribution in [2.45, 2.75) is 146 Å². The number of hydrogen-bond acceptors (Lipinski definition) is 2. The third-order valence-electron chi connectivity index (χ3n) is 6.90. The Hall–Kier alpha value is -0.660. The van der Waals surface area contributed by atoms with Gasteiger partial charge >= 0.3 is 0 Å². The van der Waals surface area contributed by atoms with Gasteiger partial charge in [0.05, 0.1) is 0 Å². The van der Waals surface area contributed by atoms with E-state index in [-0.39, 0.29) is 5.92 Å². The van der Waals surface area contributed by atoms with Crippen molar-refractivity contribution in [3.05, 3.63) is 0 Å². The summed E-state index contributed by atoms with van der Waals surface area (Å²) in [5.41, 5.74) is 0. The van der Waals surface area contributed by atoms with Crippen LogP contribution >= 0.6 is 0 Å². The van der Waals surface area contributed by atoms with Crippen LogP contribution in [0.3, 0.4) is 0 Å². The Morgan fingerprint density at radius 3 is 1.55 bits per heavy atom. The maximum Gasteiger partial charge on any atom is 0.135 e. The minimum absolute atomic E-state index is 0.235. The van der Waals surface area contributed by atoms with Crippen molar-refractivity contribution in [1.29, 1.82) is 0 Å². The lowest BCUT2D eigenvalue weighted by molar-refractivity contribution is -0.124. The van der Waals surface area contributed by atoms with Crippen LogP contribution in [-0.4, -0.2) is 11.6 Å². The van der Waals surface area contributed by atoms with Gasteiger partial charge in [0.2, 0.25) is 0 Å². The van der Waals surface area contributed by atoms with E-state index >= 15 is 0 Å². The molecule has 0 radical (unpaired) electrons. The van der Waals surface area contributed by atoms with Crippen molar-refractivity contribution in [1.82, 2.24) is 0 Å². The second kappa shape index (κ2) is 21.2. The quantitative estimate of drug-likeness (QED) is 0.396. The summed E-state index contributed by atoms with van der Waals surface area (Å²) in [6, 6.07) is 0. The van der Waals surface area contributed by atoms with Gasteiger partial charge < -0.3 is 0 Å². The number of carbonyl (C=O) groups is 2. The molecule has 2 heteroatoms. The largest absolute Gasteiger partial charge is 0.299 e. The summed E-state index contributed by atoms with van der Waals surface area (Å²) in [5, 5.41) is 0. The van der Waals surface area contributed by atoms with E-state index in [9.17, 15) is 9.59 Å². The highest BCUT2D eigenvalue weighted by Crippen LogP contribution is 2.32. The minimum atomic E-state index is 0.235. The molecule has 2 aliphatic carbocycles. The molecule has 2 nitrogen and oxygen atoms in total. The van der Waals surface area contributed by atoms with E-state index in [4.69, 9.17) is 0 Å². The predicted octanol–water partition coefficient (Wildman–Crippen LogP) is 9.44. The third kappa shape index (κ3) is 17.6. The average Bonchev–Trinajstić information content (AvgIpc) is 2.81. The topological polar surface area (TPSA) is 34.1 Å². The fraction of sp³-hybridized carbons (Fsp3) is 0.931. The fourth-order valence-corrected chi connectivity index (χ4v) is 4.08. The second-order valence-corrected chi connectivity index (χ2v) is 10.1. The monoisotopic (exact) mass is 438 g/mol. The minimum Gasteiger partial charge on any atom is -0.299 e. The summed E-state index contributed by atoms with van der Waals surface area (Å²) in [6.45, 7) is 18.9. The molecule has 2 saturated carbocycles. The average molecular weight is 439 g/mol. The lowest BCUT2D eigenvalue weighted by atomic mass is 9.78. The predicted molar refractivity (Wildman–Crippen MR) is 139 cm³/mol. The van der Waals surface area contributed by atoms with Crippen molar-refractivity contribution in [2.75, 3.05) is 0 Å². The van der Waals surface area contributed by atoms with Crippen LogP contribution in [0.15, 0.2) is 0 Å². The molecule has 2 rings (SSSR count). The van der Waals surface area contributed by atoms with E-state index in [1.807, 2.05) is 34.6 Å². The third-order valence-corrected chi connectivity index (χ3v) is 6.90. The van der Waals surface area contributed by atoms with Gasteiger partial charge in [-0.2, -0.15) is 0 Å². The fourth-order valence-electron chi connectivity index (χ4n) is 4.08. The first-order chi connectivity index (χ1) is 14.7. The molecular formula is C29H58O2. The van der Waals surface area contributed by atoms with E-state index in [1.165, 1.54) is 57.8 Å². The van der Waals surface area contributed by atoms with Crippen LogP contribution in [-0.2, 0) is 9.59 Å². The Bertz CT molecular complexity index is 410. The molecule has 0 aromatic rings. The van der Waals surface area contributed by atoms with Gasteiger partial charge in [-0.3, -0.25) is 9.59 Å². The Labute approximate surface area is 196 Å². The summed E-state index contributed by atoms with van der Waals surface area (Å²) in [7, 11) is 0. The first-order valence-electron chi connectivity index (χ1n) is 13.8. The van der Waals surface area contributed by atoms with Crippen LogP contribution in [0.25, 0.3) is 0 Å². The molecule has 0 unspecified atom stereocenters. The van der Waals surface area contributed by atoms with Gasteiger partial charge in [0.1, 0.15) is 11.6 Å². The van der Waals surface area contributed by atoms with E-state index in [0.29, 0.717) is 23.4 Å². The van der Waals surface area contributed by atoms with Gasteiger partial charge in [-0.1, -0.05) is 107 Å². The summed E-state index contributed by atoms with van der Waals surface area (Å²) >= 11 is 0. The van der Waals surface area contributed by atoms with Gasteiger partial charge in [-0.15, -0.1) is 0 Å². The molecule has 0 spiro atoms. The molecule has 0 heterocycles. The van der Waals surface area contributed by atoms with Gasteiger partial charge in [0.15, 0.2) is 0 Å². The van der Waals surface area contributed by atoms with Crippen molar-refractivity contribution >= 4 is 11.6 Å². The van der Waals surface area contributed by atoms with Gasteiger partial charge in [0, 0.05) is 24.7 Å². The zero-order valence-corrected chi connectivity index (χ0v) is 22.9. The molecule has 0 bridgehead atoms. The van der Waals surface area contributed by atoms with Crippen LogP contribution in [0.2, 0.25) is 0 Å². The Morgan fingerprint density at radius 2 is 1.19 bits per heavy atom. The highest BCUT2D eigenvalue weighted by Gasteiger charge is 2.22. The van der Waals surface area contributed by atoms with Crippen molar-refractivity contribution in [2.24, 2.45) is 29.6 Å². The maximum absolute atomic E-state index is 11.6. The first kappa shape index (κ1) is 32.5. The summed E-state index contributed by atoms with van der Waals surface area (Å²) in [5.74, 6) is 4.14. The molecule has 2 fully saturated rings. The molecular weight excluding hydrogens is 380 g/mol. The molecule has 0 aromatic carbocycles. The Balaban J connectivity index is 0. The first-order valence-corrected chi connectivity index (χ1v) is 13.8. The lowest BCUT2D eigenvalue weighted by Gasteiger charge is -2.27. The van der Waals surface area contributed by atoms with Crippen LogP contribution in [0.1, 0.15) is 146 Å². The number of Topliss-reactive ketones (excluding diaryl/α,β-unsaturated/α-hetero) is 2. The molecule has 0 atom stereocenters. The van der Waals surface area contributed by atoms with E-state index in [1.54, 1.807) is 0 Å². The number of rotatable bonds is 7. The van der Waals surface area contributed by atoms with E-state index in [2.05, 4.69) is 27.7 Å². The summed E-state index contributed by atoms with van der Waals surface area (Å²) in [4.78, 5) is 22.7. The Kier molecular flexibility index (Phi) is 22.2. The standard InChI is InChI=1S/C13H24O.C9H16O.C5H12.C2H6/c1-4-11-5-7-12(8-6-11)9-13(14)10(2)3;1-2-9(10)8-6-4-3-5-7-8;1-4-5(2)3;1-2/h10-12H,4-9H2,1-3H3;8H,2-7H2,1H3;5H,4H2,1-3H3;1-2H3. The molecule has 31 heavy (non-hydrogen) atoms. The maximum atomic E-state index is 11.6. The molecule has 0 N–H and O–H groups in total. The number of carbonyl (C=O) groups excluding carboxylic acids is 2. The van der Waals surface area contributed by atoms with Crippen molar-refractivity contribution in [3.63, 3.8) is 0 Å². The normalized spacial score (nSPS) is 21.1. The molecule has 0 aromatic heterocycles. The molecule has 2 aliphatic rings. The molecule has 0 saturated heterocycles. The molecule has 0 aliphatic heterocycles. The van der Waals surface area contributed by atoms with Gasteiger partial charge in [-0.25, -0.2) is 0 Å². The molecule has 0 amide bonds. The van der Waals surface area contributed by atoms with Crippen LogP contribution in [0.5, 0.6) is 0 Å². The molecule has 186 valence electrons. The van der Waals surface area contributed by atoms with Crippen LogP contribution in [0, 0.1) is 29.6 Å². The van der Waals surface area contributed by atoms with Crippen molar-refractivity contribution in [3.8, 4) is 0 Å². The highest BCUT2D eigenvalue weighted by atomic mass is 16.1. The lowest BCUT2D eigenvalue weighted by Crippen LogP contribution is -2.19. The zero-order chi connectivity index (χ0) is 24.2. The smallest absolute Gasteiger partial charge is 0.135 e. The highest BCUT2D eigenvalue weighted by molar-refractivity contribution is 5.80. The van der Waals surface area contributed by atoms with Crippen LogP contribution < -0.4 is 0 Å². The van der Waals surface area contributed by atoms with E-state index in [0.717, 1.165) is 37.5 Å². The van der Waals surface area contributed by atoms with Crippen LogP contribution in [0.4, 0.5) is 0 Å². The van der Waals surface area contributed by atoms with Crippen molar-refractivity contribution < 1.29 is 9.59 Å². The van der Waals surface area contributed by atoms with Gasteiger partial charge in [-0.05, 0) is 43.4 Å².